The summed E-state index contributed by atoms with van der Waals surface area (Å²) in [5, 5.41) is 18.3. The molecule has 156 valence electrons. The van der Waals surface area contributed by atoms with Crippen molar-refractivity contribution in [3.8, 4) is 11.5 Å². The zero-order valence-corrected chi connectivity index (χ0v) is 16.5. The number of benzene rings is 2. The van der Waals surface area contributed by atoms with Gasteiger partial charge in [0.1, 0.15) is 0 Å². The van der Waals surface area contributed by atoms with E-state index in [1.165, 1.54) is 48.5 Å². The van der Waals surface area contributed by atoms with Crippen LogP contribution in [0.2, 0.25) is 0 Å². The first-order valence-electron chi connectivity index (χ1n) is 8.64. The largest absolute Gasteiger partial charge is 0.452 e. The minimum atomic E-state index is -3.71. The number of hydrogen-bond donors (Lipinski definition) is 1. The van der Waals surface area contributed by atoms with Crippen LogP contribution >= 0.6 is 0 Å². The number of nitro benzene ring substituents is 1. The molecule has 3 aromatic rings. The van der Waals surface area contributed by atoms with E-state index in [1.54, 1.807) is 6.92 Å². The molecule has 0 fully saturated rings. The Hall–Kier alpha value is -3.64. The van der Waals surface area contributed by atoms with Gasteiger partial charge in [-0.25, -0.2) is 17.9 Å². The molecule has 30 heavy (non-hydrogen) atoms. The second-order valence-electron chi connectivity index (χ2n) is 5.91. The molecule has 1 N–H and O–H groups in total. The van der Waals surface area contributed by atoms with Crippen molar-refractivity contribution in [2.75, 3.05) is 6.54 Å². The molecule has 11 nitrogen and oxygen atoms in total. The molecule has 0 radical (unpaired) electrons. The average Bonchev–Trinajstić information content (AvgIpc) is 3.21. The van der Waals surface area contributed by atoms with Gasteiger partial charge >= 0.3 is 5.97 Å². The summed E-state index contributed by atoms with van der Waals surface area (Å²) in [4.78, 5) is 22.4. The maximum absolute atomic E-state index is 12.2. The summed E-state index contributed by atoms with van der Waals surface area (Å²) in [6.07, 6.45) is 0. The number of carbonyl (C=O) groups excluding carboxylic acids is 1. The van der Waals surface area contributed by atoms with Crippen molar-refractivity contribution in [2.24, 2.45) is 0 Å². The molecule has 0 aliphatic carbocycles. The predicted octanol–water partition coefficient (Wildman–Crippen LogP) is 2.30. The first kappa shape index (κ1) is 21.1. The van der Waals surface area contributed by atoms with Gasteiger partial charge in [-0.3, -0.25) is 10.1 Å². The van der Waals surface area contributed by atoms with Gasteiger partial charge in [-0.2, -0.15) is 0 Å². The molecule has 0 spiro atoms. The molecule has 0 aliphatic heterocycles. The molecule has 0 saturated carbocycles. The second-order valence-corrected chi connectivity index (χ2v) is 7.68. The molecule has 1 aromatic heterocycles. The predicted molar refractivity (Wildman–Crippen MR) is 103 cm³/mol. The van der Waals surface area contributed by atoms with E-state index in [-0.39, 0.29) is 41.1 Å². The summed E-state index contributed by atoms with van der Waals surface area (Å²) >= 11 is 0. The standard InChI is InChI=1S/C18H16N4O7S/c1-2-19-30(26,27)15-5-3-4-13(10-15)18(23)28-11-16-20-21-17(29-16)12-6-8-14(9-7-12)22(24)25/h3-10,19H,2,11H2,1H3. The van der Waals surface area contributed by atoms with Crippen LogP contribution in [0.15, 0.2) is 57.8 Å². The highest BCUT2D eigenvalue weighted by molar-refractivity contribution is 7.89. The van der Waals surface area contributed by atoms with Crippen molar-refractivity contribution in [3.63, 3.8) is 0 Å². The third kappa shape index (κ3) is 4.85. The fourth-order valence-corrected chi connectivity index (χ4v) is 3.52. The minimum absolute atomic E-state index is 0.00753. The van der Waals surface area contributed by atoms with Crippen molar-refractivity contribution in [1.82, 2.24) is 14.9 Å². The fourth-order valence-electron chi connectivity index (χ4n) is 2.43. The minimum Gasteiger partial charge on any atom is -0.452 e. The Morgan fingerprint density at radius 1 is 1.20 bits per heavy atom. The zero-order valence-electron chi connectivity index (χ0n) is 15.6. The third-order valence-corrected chi connectivity index (χ3v) is 5.38. The molecule has 2 aromatic carbocycles. The first-order chi connectivity index (χ1) is 14.3. The smallest absolute Gasteiger partial charge is 0.338 e. The molecular formula is C18H16N4O7S. The van der Waals surface area contributed by atoms with Crippen LogP contribution in [0.1, 0.15) is 23.2 Å². The molecule has 0 bridgehead atoms. The van der Waals surface area contributed by atoms with Gasteiger partial charge < -0.3 is 9.15 Å². The van der Waals surface area contributed by atoms with Crippen LogP contribution in [0.25, 0.3) is 11.5 Å². The van der Waals surface area contributed by atoms with Crippen molar-refractivity contribution in [1.29, 1.82) is 0 Å². The van der Waals surface area contributed by atoms with E-state index in [1.807, 2.05) is 0 Å². The monoisotopic (exact) mass is 432 g/mol. The highest BCUT2D eigenvalue weighted by Crippen LogP contribution is 2.21. The topological polar surface area (TPSA) is 155 Å². The lowest BCUT2D eigenvalue weighted by atomic mass is 10.2. The number of sulfonamides is 1. The lowest BCUT2D eigenvalue weighted by molar-refractivity contribution is -0.384. The summed E-state index contributed by atoms with van der Waals surface area (Å²) in [7, 11) is -3.71. The number of nitrogens with one attached hydrogen (secondary N) is 1. The molecule has 12 heteroatoms. The molecule has 3 rings (SSSR count). The Morgan fingerprint density at radius 3 is 2.60 bits per heavy atom. The van der Waals surface area contributed by atoms with Gasteiger partial charge in [-0.05, 0) is 30.3 Å². The number of nitro groups is 1. The van der Waals surface area contributed by atoms with E-state index in [0.717, 1.165) is 0 Å². The van der Waals surface area contributed by atoms with Gasteiger partial charge in [0.25, 0.3) is 11.6 Å². The number of hydrogen-bond acceptors (Lipinski definition) is 9. The Bertz CT molecular complexity index is 1170. The average molecular weight is 432 g/mol. The highest BCUT2D eigenvalue weighted by atomic mass is 32.2. The van der Waals surface area contributed by atoms with Crippen molar-refractivity contribution < 1.29 is 27.3 Å². The number of rotatable bonds is 8. The van der Waals surface area contributed by atoms with Crippen molar-refractivity contribution in [2.45, 2.75) is 18.4 Å². The van der Waals surface area contributed by atoms with Crippen LogP contribution in [0.3, 0.4) is 0 Å². The summed E-state index contributed by atoms with van der Waals surface area (Å²) < 4.78 is 36.9. The van der Waals surface area contributed by atoms with Gasteiger partial charge in [0.15, 0.2) is 6.61 Å². The molecule has 0 amide bonds. The van der Waals surface area contributed by atoms with E-state index in [9.17, 15) is 23.3 Å². The van der Waals surface area contributed by atoms with Crippen LogP contribution in [-0.4, -0.2) is 36.1 Å². The number of nitrogens with zero attached hydrogens (tertiary/aromatic N) is 3. The lowest BCUT2D eigenvalue weighted by Crippen LogP contribution is -2.23. The third-order valence-electron chi connectivity index (χ3n) is 3.83. The van der Waals surface area contributed by atoms with E-state index >= 15 is 0 Å². The Labute approximate surface area is 170 Å². The number of esters is 1. The van der Waals surface area contributed by atoms with E-state index in [4.69, 9.17) is 9.15 Å². The lowest BCUT2D eigenvalue weighted by Gasteiger charge is -2.06. The van der Waals surface area contributed by atoms with Crippen LogP contribution in [0.5, 0.6) is 0 Å². The van der Waals surface area contributed by atoms with Gasteiger partial charge in [-0.1, -0.05) is 13.0 Å². The first-order valence-corrected chi connectivity index (χ1v) is 10.1. The molecule has 1 heterocycles. The van der Waals surface area contributed by atoms with Crippen LogP contribution in [0.4, 0.5) is 5.69 Å². The summed E-state index contributed by atoms with van der Waals surface area (Å²) in [5.74, 6) is -0.651. The summed E-state index contributed by atoms with van der Waals surface area (Å²) in [6, 6.07) is 10.9. The number of non-ortho nitro benzene ring substituents is 1. The van der Waals surface area contributed by atoms with Crippen molar-refractivity contribution in [3.05, 3.63) is 70.1 Å². The van der Waals surface area contributed by atoms with E-state index in [0.29, 0.717) is 5.56 Å². The fraction of sp³-hybridized carbons (Fsp3) is 0.167. The molecule has 0 saturated heterocycles. The normalized spacial score (nSPS) is 11.2. The molecular weight excluding hydrogens is 416 g/mol. The number of aromatic nitrogens is 2. The van der Waals surface area contributed by atoms with Crippen molar-refractivity contribution >= 4 is 21.7 Å². The Kier molecular flexibility index (Phi) is 6.18. The number of carbonyl (C=O) groups is 1. The van der Waals surface area contributed by atoms with Crippen LogP contribution < -0.4 is 4.72 Å². The molecule has 0 unspecified atom stereocenters. The highest BCUT2D eigenvalue weighted by Gasteiger charge is 2.17. The Balaban J connectivity index is 1.67. The summed E-state index contributed by atoms with van der Waals surface area (Å²) in [5.41, 5.74) is 0.432. The SMILES string of the molecule is CCNS(=O)(=O)c1cccc(C(=O)OCc2nnc(-c3ccc([N+](=O)[O-])cc3)o2)c1. The molecule has 0 atom stereocenters. The van der Waals surface area contributed by atoms with E-state index < -0.39 is 20.9 Å². The number of ether oxygens (including phenoxy) is 1. The van der Waals surface area contributed by atoms with Gasteiger partial charge in [-0.15, -0.1) is 10.2 Å². The van der Waals surface area contributed by atoms with Gasteiger partial charge in [0, 0.05) is 24.2 Å². The van der Waals surface area contributed by atoms with Gasteiger partial charge in [0.05, 0.1) is 15.4 Å². The summed E-state index contributed by atoms with van der Waals surface area (Å²) in [6.45, 7) is 1.53. The zero-order chi connectivity index (χ0) is 21.7. The van der Waals surface area contributed by atoms with Crippen LogP contribution in [-0.2, 0) is 21.4 Å². The maximum Gasteiger partial charge on any atom is 0.338 e. The van der Waals surface area contributed by atoms with Gasteiger partial charge in [0.2, 0.25) is 15.9 Å². The molecule has 0 aliphatic rings. The Morgan fingerprint density at radius 2 is 1.93 bits per heavy atom. The maximum atomic E-state index is 12.2. The van der Waals surface area contributed by atoms with Crippen LogP contribution in [0, 0.1) is 10.1 Å². The quantitative estimate of drug-likeness (QED) is 0.321. The second kappa shape index (κ2) is 8.80. The van der Waals surface area contributed by atoms with E-state index in [2.05, 4.69) is 14.9 Å².